The van der Waals surface area contributed by atoms with Crippen LogP contribution >= 0.6 is 9.06 Å². The fourth-order valence-electron chi connectivity index (χ4n) is 0. The fourth-order valence-corrected chi connectivity index (χ4v) is 0. The minimum Gasteiger partial charge on any atom is -0.412 e. The molecule has 0 unspecified atom stereocenters. The summed E-state index contributed by atoms with van der Waals surface area (Å²) >= 11 is 0. The molecular formula is C6H31O8P. The van der Waals surface area contributed by atoms with Crippen LogP contribution in [0, 0.1) is 9.93 Å². The summed E-state index contributed by atoms with van der Waals surface area (Å²) in [6, 6.07) is 0. The van der Waals surface area contributed by atoms with Crippen molar-refractivity contribution in [2.24, 2.45) is 0 Å². The first-order valence-electron chi connectivity index (χ1n) is 1.20. The normalized spacial score (nSPS) is 2.53. The molecule has 0 atom stereocenters. The van der Waals surface area contributed by atoms with E-state index in [2.05, 4.69) is 0 Å². The zero-order valence-corrected chi connectivity index (χ0v) is 4.86. The summed E-state index contributed by atoms with van der Waals surface area (Å²) in [5.41, 5.74) is 0. The summed E-state index contributed by atoms with van der Waals surface area (Å²) in [6.45, 7) is 0. The summed E-state index contributed by atoms with van der Waals surface area (Å²) in [6.07, 6.45) is 0. The molecule has 0 aromatic heterocycles. The van der Waals surface area contributed by atoms with Crippen LogP contribution in [0.3, 0.4) is 0 Å². The van der Waals surface area contributed by atoms with Crippen LogP contribution < -0.4 is 0 Å². The van der Waals surface area contributed by atoms with Crippen molar-refractivity contribution in [3.05, 3.63) is 9.93 Å². The Balaban J connectivity index is -0.00000000205. The molecule has 0 saturated heterocycles. The van der Waals surface area contributed by atoms with E-state index in [0.717, 1.165) is 0 Å². The number of rotatable bonds is 0. The Morgan fingerprint density at radius 2 is 0.733 bits per heavy atom. The summed E-state index contributed by atoms with van der Waals surface area (Å²) in [5, 5.41) is 24.0. The summed E-state index contributed by atoms with van der Waals surface area (Å²) in [7, 11) is -0.583. The van der Waals surface area contributed by atoms with Crippen molar-refractivity contribution in [1.82, 2.24) is 0 Å². The zero-order valence-electron chi connectivity index (χ0n) is 4.96. The molecule has 0 saturated carbocycles. The van der Waals surface area contributed by atoms with Crippen molar-refractivity contribution >= 4 is 9.06 Å². The molecule has 8 nitrogen and oxygen atoms in total. The third-order valence-electron chi connectivity index (χ3n) is 0. The molecule has 0 aliphatic carbocycles. The molecule has 0 amide bonds. The van der Waals surface area contributed by atoms with Crippen LogP contribution in [-0.4, -0.2) is 27.8 Å². The molecule has 108 valence electrons. The minimum absolute atomic E-state index is 0. The van der Waals surface area contributed by atoms with Gasteiger partial charge in [-0.25, -0.2) is 0 Å². The first kappa shape index (κ1) is 130. The fraction of sp³-hybridized carbons (Fsp3) is 1.00. The van der Waals surface area contributed by atoms with Gasteiger partial charge in [0.1, 0.15) is 10.3 Å². The molecule has 0 bridgehead atoms. The second kappa shape index (κ2) is 8440. The van der Waals surface area contributed by atoms with E-state index < -0.39 is 9.06 Å². The second-order valence-electron chi connectivity index (χ2n) is 0. The molecule has 15 heavy (non-hydrogen) atoms. The Kier molecular flexibility index (Phi) is 73400. The monoisotopic (exact) mass is 263 g/mol. The SMILES string of the molecule is C.C.C.C.C.C.O.O=O.OO.OO.[2H]P=O. The van der Waals surface area contributed by atoms with Crippen LogP contribution in [0.4, 0.5) is 0 Å². The van der Waals surface area contributed by atoms with Crippen LogP contribution in [0.5, 0.6) is 0 Å². The number of hydrogen-bond donors (Lipinski definition) is 4. The average molecular weight is 263 g/mol. The molecule has 0 fully saturated rings. The number of hydrogen-bond acceptors (Lipinski definition) is 7. The lowest BCUT2D eigenvalue weighted by molar-refractivity contribution is -0.176. The molecule has 0 aromatic rings. The van der Waals surface area contributed by atoms with Crippen LogP contribution in [0.1, 0.15) is 44.6 Å². The van der Waals surface area contributed by atoms with Gasteiger partial charge in [0.05, 0.1) is 0 Å². The van der Waals surface area contributed by atoms with Crippen LogP contribution in [0.15, 0.2) is 0 Å². The van der Waals surface area contributed by atoms with Crippen molar-refractivity contribution in [1.29, 1.82) is 1.28 Å². The highest BCUT2D eigenvalue weighted by atomic mass is 31.0. The molecule has 0 heterocycles. The van der Waals surface area contributed by atoms with Gasteiger partial charge in [0, 0.05) is 9.93 Å². The van der Waals surface area contributed by atoms with Gasteiger partial charge in [-0.1, -0.05) is 44.6 Å². The van der Waals surface area contributed by atoms with Crippen LogP contribution in [0.25, 0.3) is 0 Å². The Labute approximate surface area is 96.9 Å². The molecule has 0 aromatic carbocycles. The van der Waals surface area contributed by atoms with Gasteiger partial charge in [-0.15, -0.1) is 0 Å². The molecule has 0 rings (SSSR count). The first-order valence-corrected chi connectivity index (χ1v) is 1.11. The van der Waals surface area contributed by atoms with E-state index in [0.29, 0.717) is 0 Å². The minimum atomic E-state index is -0.583. The van der Waals surface area contributed by atoms with Crippen molar-refractivity contribution in [3.8, 4) is 0 Å². The van der Waals surface area contributed by atoms with Crippen LogP contribution in [-0.2, 0) is 4.57 Å². The van der Waals surface area contributed by atoms with Gasteiger partial charge in [0.2, 0.25) is 0 Å². The van der Waals surface area contributed by atoms with Gasteiger partial charge in [-0.2, -0.15) is 0 Å². The van der Waals surface area contributed by atoms with Crippen molar-refractivity contribution in [2.75, 3.05) is 0 Å². The molecule has 6 N–H and O–H groups in total. The Morgan fingerprint density at radius 3 is 0.733 bits per heavy atom. The highest BCUT2D eigenvalue weighted by molar-refractivity contribution is 7.00. The predicted octanol–water partition coefficient (Wildman–Crippen LogP) is 3.57. The highest BCUT2D eigenvalue weighted by Gasteiger charge is 0.748. The quantitative estimate of drug-likeness (QED) is 0.294. The van der Waals surface area contributed by atoms with E-state index >= 15 is 0 Å². The lowest BCUT2D eigenvalue weighted by Crippen LogP contribution is -1.29. The molecule has 0 aliphatic rings. The Bertz CT molecular complexity index is 38.5. The van der Waals surface area contributed by atoms with E-state index in [1.807, 2.05) is 0 Å². The van der Waals surface area contributed by atoms with Crippen LogP contribution in [0.2, 0.25) is 0 Å². The Hall–Kier alpha value is -0.500. The van der Waals surface area contributed by atoms with E-state index in [4.69, 9.17) is 36.8 Å². The van der Waals surface area contributed by atoms with Crippen molar-refractivity contribution in [2.45, 2.75) is 44.6 Å². The molecule has 0 aliphatic heterocycles. The van der Waals surface area contributed by atoms with E-state index in [1.54, 1.807) is 0 Å². The summed E-state index contributed by atoms with van der Waals surface area (Å²) in [4.78, 5) is 14.0. The van der Waals surface area contributed by atoms with Gasteiger partial charge >= 0.3 is 0 Å². The molecular weight excluding hydrogens is 231 g/mol. The lowest BCUT2D eigenvalue weighted by atomic mass is 12.0. The topological polar surface area (TPSA) is 164 Å². The largest absolute Gasteiger partial charge is 0.412 e. The predicted molar refractivity (Wildman–Crippen MR) is 70.3 cm³/mol. The van der Waals surface area contributed by atoms with E-state index in [1.165, 1.54) is 0 Å². The van der Waals surface area contributed by atoms with Gasteiger partial charge in [-0.05, 0) is 0 Å². The maximum atomic E-state index is 8.57. The first-order chi connectivity index (χ1) is 4.41. The van der Waals surface area contributed by atoms with Crippen molar-refractivity contribution in [3.63, 3.8) is 0 Å². The maximum Gasteiger partial charge on any atom is 0.140 e. The second-order valence-corrected chi connectivity index (χ2v) is 0. The van der Waals surface area contributed by atoms with Gasteiger partial charge in [-0.3, -0.25) is 25.6 Å². The lowest BCUT2D eigenvalue weighted by Gasteiger charge is -1.25. The van der Waals surface area contributed by atoms with E-state index in [9.17, 15) is 0 Å². The Morgan fingerprint density at radius 1 is 0.733 bits per heavy atom. The van der Waals surface area contributed by atoms with Crippen molar-refractivity contribution < 1.29 is 31.1 Å². The van der Waals surface area contributed by atoms with Gasteiger partial charge in [0.25, 0.3) is 0 Å². The summed E-state index contributed by atoms with van der Waals surface area (Å²) in [5.74, 6) is 0. The zero-order chi connectivity index (χ0) is 8.71. The van der Waals surface area contributed by atoms with Gasteiger partial charge < -0.3 is 5.48 Å². The molecule has 9 heteroatoms. The summed E-state index contributed by atoms with van der Waals surface area (Å²) < 4.78 is 14.2. The molecule has 0 spiro atoms. The standard InChI is InChI=1S/6CH4.2H2O2.O2.HOP.H2O/c;;;;;;4*1-2;/h6*1H4;2*1-2H;;2H;1H2/i;;;;;;;;;2D;. The average Bonchev–Trinajstić information content (AvgIpc) is 2.01. The molecule has 0 radical (unpaired) electrons. The third-order valence-corrected chi connectivity index (χ3v) is 0. The maximum absolute atomic E-state index is 8.57. The third kappa shape index (κ3) is 7140. The van der Waals surface area contributed by atoms with Gasteiger partial charge in [0.15, 0.2) is 0 Å². The smallest absolute Gasteiger partial charge is 0.140 e. The van der Waals surface area contributed by atoms with E-state index in [-0.39, 0.29) is 50.0 Å². The highest BCUT2D eigenvalue weighted by Crippen LogP contribution is 1.23.